The molecule has 0 atom stereocenters. The van der Waals surface area contributed by atoms with E-state index in [9.17, 15) is 13.6 Å². The first kappa shape index (κ1) is 19.2. The predicted molar refractivity (Wildman–Crippen MR) is 96.2 cm³/mol. The van der Waals surface area contributed by atoms with Crippen molar-refractivity contribution in [1.82, 2.24) is 10.1 Å². The third kappa shape index (κ3) is 5.47. The van der Waals surface area contributed by atoms with Crippen LogP contribution in [-0.2, 0) is 6.61 Å². The minimum absolute atomic E-state index is 0.00194. The first-order chi connectivity index (χ1) is 13.5. The number of carbonyl (C=O) groups excluding carboxylic acids is 1. The molecule has 0 radical (unpaired) electrons. The Bertz CT molecular complexity index is 951. The maximum atomic E-state index is 12.2. The number of allylic oxidation sites excluding steroid dienone is 1. The number of nitrogens with zero attached hydrogens (tertiary/aromatic N) is 2. The second-order valence-electron chi connectivity index (χ2n) is 5.69. The molecule has 0 fully saturated rings. The first-order valence-corrected chi connectivity index (χ1v) is 8.29. The van der Waals surface area contributed by atoms with Gasteiger partial charge in [0.15, 0.2) is 12.4 Å². The number of ether oxygens (including phenoxy) is 2. The average Bonchev–Trinajstić information content (AvgIpc) is 3.10. The number of aromatic nitrogens is 2. The van der Waals surface area contributed by atoms with E-state index in [1.807, 2.05) is 0 Å². The third-order valence-corrected chi connectivity index (χ3v) is 3.61. The topological polar surface area (TPSA) is 74.5 Å². The molecule has 0 saturated heterocycles. The van der Waals surface area contributed by atoms with E-state index < -0.39 is 6.61 Å². The quantitative estimate of drug-likeness (QED) is 0.420. The Hall–Kier alpha value is -3.55. The monoisotopic (exact) mass is 386 g/mol. The van der Waals surface area contributed by atoms with E-state index in [1.165, 1.54) is 30.3 Å². The van der Waals surface area contributed by atoms with E-state index >= 15 is 0 Å². The van der Waals surface area contributed by atoms with E-state index in [2.05, 4.69) is 14.9 Å². The normalized spacial score (nSPS) is 11.1. The number of carbonyl (C=O) groups is 1. The molecule has 8 heteroatoms. The highest BCUT2D eigenvalue weighted by Crippen LogP contribution is 2.17. The SMILES string of the molecule is Cc1nc(COc2ccc(C=CC(=O)c3ccc(OC(F)F)cc3)cc2)no1. The van der Waals surface area contributed by atoms with Crippen LogP contribution in [0.2, 0.25) is 0 Å². The fourth-order valence-corrected chi connectivity index (χ4v) is 2.29. The van der Waals surface area contributed by atoms with Crippen LogP contribution in [0.5, 0.6) is 11.5 Å². The van der Waals surface area contributed by atoms with Crippen LogP contribution in [0, 0.1) is 6.92 Å². The maximum absolute atomic E-state index is 12.2. The van der Waals surface area contributed by atoms with Crippen molar-refractivity contribution in [3.8, 4) is 11.5 Å². The Morgan fingerprint density at radius 3 is 2.39 bits per heavy atom. The maximum Gasteiger partial charge on any atom is 0.387 e. The summed E-state index contributed by atoms with van der Waals surface area (Å²) in [4.78, 5) is 16.2. The molecule has 28 heavy (non-hydrogen) atoms. The Labute approximate surface area is 159 Å². The van der Waals surface area contributed by atoms with Crippen molar-refractivity contribution in [2.75, 3.05) is 0 Å². The molecule has 144 valence electrons. The molecule has 0 unspecified atom stereocenters. The van der Waals surface area contributed by atoms with Gasteiger partial charge in [-0.2, -0.15) is 13.8 Å². The van der Waals surface area contributed by atoms with Crippen LogP contribution < -0.4 is 9.47 Å². The highest BCUT2D eigenvalue weighted by Gasteiger charge is 2.06. The largest absolute Gasteiger partial charge is 0.485 e. The summed E-state index contributed by atoms with van der Waals surface area (Å²) < 4.78 is 38.9. The number of hydrogen-bond donors (Lipinski definition) is 0. The summed E-state index contributed by atoms with van der Waals surface area (Å²) in [6.45, 7) is -1.01. The van der Waals surface area contributed by atoms with E-state index in [0.717, 1.165) is 5.56 Å². The van der Waals surface area contributed by atoms with Crippen molar-refractivity contribution in [2.45, 2.75) is 20.1 Å². The molecule has 0 aliphatic heterocycles. The summed E-state index contributed by atoms with van der Waals surface area (Å²) >= 11 is 0. The molecule has 6 nitrogen and oxygen atoms in total. The Morgan fingerprint density at radius 2 is 1.79 bits per heavy atom. The van der Waals surface area contributed by atoms with Gasteiger partial charge in [0.25, 0.3) is 0 Å². The van der Waals surface area contributed by atoms with Gasteiger partial charge < -0.3 is 14.0 Å². The van der Waals surface area contributed by atoms with Crippen molar-refractivity contribution >= 4 is 11.9 Å². The molecule has 0 aliphatic carbocycles. The number of benzene rings is 2. The van der Waals surface area contributed by atoms with Gasteiger partial charge in [-0.25, -0.2) is 0 Å². The molecule has 0 bridgehead atoms. The number of ketones is 1. The molecule has 3 aromatic rings. The van der Waals surface area contributed by atoms with Crippen molar-refractivity contribution in [3.05, 3.63) is 77.4 Å². The van der Waals surface area contributed by atoms with Crippen molar-refractivity contribution in [3.63, 3.8) is 0 Å². The van der Waals surface area contributed by atoms with Crippen molar-refractivity contribution in [2.24, 2.45) is 0 Å². The zero-order chi connectivity index (χ0) is 19.9. The van der Waals surface area contributed by atoms with Crippen LogP contribution in [0.25, 0.3) is 6.08 Å². The zero-order valence-corrected chi connectivity index (χ0v) is 14.8. The molecule has 0 saturated carbocycles. The number of alkyl halides is 2. The molecule has 1 aromatic heterocycles. The lowest BCUT2D eigenvalue weighted by Gasteiger charge is -2.04. The highest BCUT2D eigenvalue weighted by atomic mass is 19.3. The van der Waals surface area contributed by atoms with Crippen LogP contribution in [0.3, 0.4) is 0 Å². The van der Waals surface area contributed by atoms with E-state index in [-0.39, 0.29) is 18.1 Å². The van der Waals surface area contributed by atoms with Crippen LogP contribution in [-0.4, -0.2) is 22.5 Å². The Kier molecular flexibility index (Phi) is 6.11. The number of hydrogen-bond acceptors (Lipinski definition) is 6. The van der Waals surface area contributed by atoms with Crippen LogP contribution in [0.4, 0.5) is 8.78 Å². The molecule has 0 aliphatic rings. The molecule has 2 aromatic carbocycles. The minimum atomic E-state index is -2.90. The van der Waals surface area contributed by atoms with Gasteiger partial charge in [0.1, 0.15) is 11.5 Å². The van der Waals surface area contributed by atoms with Gasteiger partial charge >= 0.3 is 6.61 Å². The van der Waals surface area contributed by atoms with Crippen LogP contribution in [0.15, 0.2) is 59.1 Å². The zero-order valence-electron chi connectivity index (χ0n) is 14.8. The molecule has 0 N–H and O–H groups in total. The summed E-state index contributed by atoms with van der Waals surface area (Å²) in [7, 11) is 0. The highest BCUT2D eigenvalue weighted by molar-refractivity contribution is 6.06. The molecular weight excluding hydrogens is 370 g/mol. The van der Waals surface area contributed by atoms with Gasteiger partial charge in [-0.1, -0.05) is 23.4 Å². The summed E-state index contributed by atoms with van der Waals surface area (Å²) in [6, 6.07) is 12.6. The van der Waals surface area contributed by atoms with Gasteiger partial charge in [0.05, 0.1) is 0 Å². The smallest absolute Gasteiger partial charge is 0.387 e. The predicted octanol–water partition coefficient (Wildman–Crippen LogP) is 4.45. The van der Waals surface area contributed by atoms with Crippen molar-refractivity contribution < 1.29 is 27.6 Å². The summed E-state index contributed by atoms with van der Waals surface area (Å²) in [5.41, 5.74) is 1.17. The summed E-state index contributed by atoms with van der Waals surface area (Å²) in [6.07, 6.45) is 3.05. The summed E-state index contributed by atoms with van der Waals surface area (Å²) in [5.74, 6) is 1.30. The molecule has 0 spiro atoms. The average molecular weight is 386 g/mol. The Balaban J connectivity index is 1.55. The fourth-order valence-electron chi connectivity index (χ4n) is 2.29. The molecule has 3 rings (SSSR count). The van der Waals surface area contributed by atoms with E-state index in [0.29, 0.717) is 23.0 Å². The lowest BCUT2D eigenvalue weighted by molar-refractivity contribution is -0.0498. The third-order valence-electron chi connectivity index (χ3n) is 3.61. The molecule has 1 heterocycles. The summed E-state index contributed by atoms with van der Waals surface area (Å²) in [5, 5.41) is 3.74. The standard InChI is InChI=1S/C20H16F2N2O4/c1-13-23-19(24-28-13)12-26-16-7-2-14(3-8-16)4-11-18(25)15-5-9-17(10-6-15)27-20(21)22/h2-11,20H,12H2,1H3. The lowest BCUT2D eigenvalue weighted by Crippen LogP contribution is -2.02. The van der Waals surface area contributed by atoms with Gasteiger partial charge in [0.2, 0.25) is 11.7 Å². The van der Waals surface area contributed by atoms with E-state index in [4.69, 9.17) is 9.26 Å². The Morgan fingerprint density at radius 1 is 1.11 bits per heavy atom. The van der Waals surface area contributed by atoms with Crippen LogP contribution in [0.1, 0.15) is 27.6 Å². The van der Waals surface area contributed by atoms with Gasteiger partial charge in [-0.15, -0.1) is 0 Å². The molecular formula is C20H16F2N2O4. The number of rotatable bonds is 8. The minimum Gasteiger partial charge on any atom is -0.485 e. The van der Waals surface area contributed by atoms with Crippen molar-refractivity contribution in [1.29, 1.82) is 0 Å². The number of halogens is 2. The lowest BCUT2D eigenvalue weighted by atomic mass is 10.1. The van der Waals surface area contributed by atoms with E-state index in [1.54, 1.807) is 37.3 Å². The van der Waals surface area contributed by atoms with Crippen LogP contribution >= 0.6 is 0 Å². The molecule has 0 amide bonds. The van der Waals surface area contributed by atoms with Gasteiger partial charge in [-0.3, -0.25) is 4.79 Å². The second kappa shape index (κ2) is 8.90. The van der Waals surface area contributed by atoms with Gasteiger partial charge in [-0.05, 0) is 48.0 Å². The van der Waals surface area contributed by atoms with Gasteiger partial charge in [0, 0.05) is 12.5 Å². The second-order valence-corrected chi connectivity index (χ2v) is 5.69. The first-order valence-electron chi connectivity index (χ1n) is 8.29. The fraction of sp³-hybridized carbons (Fsp3) is 0.150. The number of aryl methyl sites for hydroxylation is 1.